The van der Waals surface area contributed by atoms with Crippen LogP contribution < -0.4 is 5.32 Å². The standard InChI is InChI=1S/C27H30F2N4O/c1-18(32-12-4-5-13-32)30-17-20-7-6-14-33(20)27(34)22-16-26(19-10-11-23(28)24(29)15-19)31-25-9-3-2-8-21(22)25/h2-3,8-11,15-16,18,20,30H,4-7,12-14,17H2,1H3. The molecule has 5 nitrogen and oxygen atoms in total. The maximum Gasteiger partial charge on any atom is 0.254 e. The minimum atomic E-state index is -0.932. The molecule has 1 N–H and O–H groups in total. The van der Waals surface area contributed by atoms with Crippen LogP contribution in [-0.4, -0.2) is 59.1 Å². The van der Waals surface area contributed by atoms with Crippen LogP contribution in [0.15, 0.2) is 48.5 Å². The number of rotatable bonds is 6. The molecule has 2 atom stereocenters. The molecule has 2 aliphatic rings. The molecule has 3 aromatic rings. The molecule has 0 saturated carbocycles. The zero-order valence-corrected chi connectivity index (χ0v) is 19.4. The van der Waals surface area contributed by atoms with Gasteiger partial charge >= 0.3 is 0 Å². The van der Waals surface area contributed by atoms with Gasteiger partial charge in [0.25, 0.3) is 5.91 Å². The Kier molecular flexibility index (Phi) is 6.57. The lowest BCUT2D eigenvalue weighted by Crippen LogP contribution is -2.48. The van der Waals surface area contributed by atoms with Gasteiger partial charge in [-0.2, -0.15) is 0 Å². The van der Waals surface area contributed by atoms with Crippen LogP contribution in [0, 0.1) is 11.6 Å². The summed E-state index contributed by atoms with van der Waals surface area (Å²) in [5, 5.41) is 4.40. The lowest BCUT2D eigenvalue weighted by molar-refractivity contribution is 0.0728. The monoisotopic (exact) mass is 464 g/mol. The largest absolute Gasteiger partial charge is 0.334 e. The second kappa shape index (κ2) is 9.76. The van der Waals surface area contributed by atoms with Gasteiger partial charge in [0, 0.05) is 30.1 Å². The Balaban J connectivity index is 1.42. The van der Waals surface area contributed by atoms with Crippen molar-refractivity contribution < 1.29 is 13.6 Å². The van der Waals surface area contributed by atoms with E-state index in [4.69, 9.17) is 0 Å². The summed E-state index contributed by atoms with van der Waals surface area (Å²) >= 11 is 0. The van der Waals surface area contributed by atoms with Gasteiger partial charge in [0.1, 0.15) is 0 Å². The van der Waals surface area contributed by atoms with E-state index in [0.29, 0.717) is 35.0 Å². The van der Waals surface area contributed by atoms with Crippen LogP contribution in [0.2, 0.25) is 0 Å². The van der Waals surface area contributed by atoms with Gasteiger partial charge in [-0.25, -0.2) is 13.8 Å². The molecule has 2 saturated heterocycles. The Morgan fingerprint density at radius 3 is 2.65 bits per heavy atom. The summed E-state index contributed by atoms with van der Waals surface area (Å²) in [4.78, 5) is 22.8. The number of para-hydroxylation sites is 1. The fourth-order valence-corrected chi connectivity index (χ4v) is 5.19. The predicted molar refractivity (Wildman–Crippen MR) is 129 cm³/mol. The first-order valence-electron chi connectivity index (χ1n) is 12.1. The number of halogens is 2. The number of hydrogen-bond donors (Lipinski definition) is 1. The van der Waals surface area contributed by atoms with Gasteiger partial charge in [0.15, 0.2) is 11.6 Å². The molecular weight excluding hydrogens is 434 g/mol. The summed E-state index contributed by atoms with van der Waals surface area (Å²) in [6, 6.07) is 13.0. The number of carbonyl (C=O) groups is 1. The highest BCUT2D eigenvalue weighted by molar-refractivity contribution is 6.07. The number of benzene rings is 2. The number of pyridine rings is 1. The number of likely N-dealkylation sites (tertiary alicyclic amines) is 2. The summed E-state index contributed by atoms with van der Waals surface area (Å²) in [6.45, 7) is 5.90. The molecule has 2 fully saturated rings. The minimum absolute atomic E-state index is 0.0411. The van der Waals surface area contributed by atoms with Crippen LogP contribution in [0.4, 0.5) is 8.78 Å². The van der Waals surface area contributed by atoms with Crippen LogP contribution >= 0.6 is 0 Å². The molecular formula is C27H30F2N4O. The van der Waals surface area contributed by atoms with Crippen molar-refractivity contribution in [2.75, 3.05) is 26.2 Å². The van der Waals surface area contributed by atoms with Gasteiger partial charge in [-0.15, -0.1) is 0 Å². The number of hydrogen-bond acceptors (Lipinski definition) is 4. The van der Waals surface area contributed by atoms with Crippen molar-refractivity contribution in [1.82, 2.24) is 20.1 Å². The average Bonchev–Trinajstić information content (AvgIpc) is 3.55. The summed E-state index contributed by atoms with van der Waals surface area (Å²) in [7, 11) is 0. The van der Waals surface area contributed by atoms with Crippen LogP contribution in [0.5, 0.6) is 0 Å². The molecule has 1 amide bonds. The maximum absolute atomic E-state index is 13.9. The summed E-state index contributed by atoms with van der Waals surface area (Å²) in [5.74, 6) is -1.88. The van der Waals surface area contributed by atoms with Crippen molar-refractivity contribution in [3.05, 3.63) is 65.7 Å². The van der Waals surface area contributed by atoms with E-state index in [1.807, 2.05) is 29.2 Å². The van der Waals surface area contributed by atoms with Crippen molar-refractivity contribution in [2.24, 2.45) is 0 Å². The molecule has 2 aromatic carbocycles. The second-order valence-electron chi connectivity index (χ2n) is 9.32. The Morgan fingerprint density at radius 2 is 1.85 bits per heavy atom. The number of amides is 1. The van der Waals surface area contributed by atoms with Crippen molar-refractivity contribution in [3.63, 3.8) is 0 Å². The highest BCUT2D eigenvalue weighted by atomic mass is 19.2. The first kappa shape index (κ1) is 22.9. The topological polar surface area (TPSA) is 48.5 Å². The van der Waals surface area contributed by atoms with Gasteiger partial charge in [-0.1, -0.05) is 18.2 Å². The van der Waals surface area contributed by atoms with E-state index in [-0.39, 0.29) is 11.9 Å². The third-order valence-electron chi connectivity index (χ3n) is 7.14. The maximum atomic E-state index is 13.9. The average molecular weight is 465 g/mol. The van der Waals surface area contributed by atoms with Crippen LogP contribution in [-0.2, 0) is 0 Å². The molecule has 178 valence electrons. The Hall–Kier alpha value is -2.90. The Bertz CT molecular complexity index is 1190. The third-order valence-corrected chi connectivity index (χ3v) is 7.14. The molecule has 2 aliphatic heterocycles. The zero-order chi connectivity index (χ0) is 23.7. The van der Waals surface area contributed by atoms with Crippen molar-refractivity contribution in [3.8, 4) is 11.3 Å². The highest BCUT2D eigenvalue weighted by Gasteiger charge is 2.31. The highest BCUT2D eigenvalue weighted by Crippen LogP contribution is 2.29. The summed E-state index contributed by atoms with van der Waals surface area (Å²) < 4.78 is 27.4. The second-order valence-corrected chi connectivity index (χ2v) is 9.32. The van der Waals surface area contributed by atoms with E-state index < -0.39 is 11.6 Å². The van der Waals surface area contributed by atoms with Crippen molar-refractivity contribution in [1.29, 1.82) is 0 Å². The summed E-state index contributed by atoms with van der Waals surface area (Å²) in [5.41, 5.74) is 2.10. The van der Waals surface area contributed by atoms with E-state index in [1.54, 1.807) is 6.07 Å². The van der Waals surface area contributed by atoms with Crippen LogP contribution in [0.1, 0.15) is 43.0 Å². The number of nitrogens with one attached hydrogen (secondary N) is 1. The Morgan fingerprint density at radius 1 is 1.06 bits per heavy atom. The molecule has 0 spiro atoms. The summed E-state index contributed by atoms with van der Waals surface area (Å²) in [6.07, 6.45) is 4.71. The van der Waals surface area contributed by atoms with Gasteiger partial charge in [-0.05, 0) is 76.0 Å². The molecule has 0 bridgehead atoms. The molecule has 3 heterocycles. The fraction of sp³-hybridized carbons (Fsp3) is 0.407. The smallest absolute Gasteiger partial charge is 0.254 e. The number of carbonyl (C=O) groups excluding carboxylic acids is 1. The Labute approximate surface area is 198 Å². The number of aromatic nitrogens is 1. The van der Waals surface area contributed by atoms with E-state index in [9.17, 15) is 13.6 Å². The lowest BCUT2D eigenvalue weighted by atomic mass is 10.0. The predicted octanol–water partition coefficient (Wildman–Crippen LogP) is 4.82. The quantitative estimate of drug-likeness (QED) is 0.569. The number of fused-ring (bicyclic) bond motifs is 1. The van der Waals surface area contributed by atoms with Crippen LogP contribution in [0.3, 0.4) is 0 Å². The minimum Gasteiger partial charge on any atom is -0.334 e. The van der Waals surface area contributed by atoms with E-state index >= 15 is 0 Å². The van der Waals surface area contributed by atoms with Gasteiger partial charge in [-0.3, -0.25) is 15.0 Å². The van der Waals surface area contributed by atoms with E-state index in [2.05, 4.69) is 22.1 Å². The van der Waals surface area contributed by atoms with Gasteiger partial charge in [0.05, 0.1) is 22.9 Å². The van der Waals surface area contributed by atoms with Crippen LogP contribution in [0.25, 0.3) is 22.2 Å². The van der Waals surface area contributed by atoms with E-state index in [0.717, 1.165) is 50.0 Å². The lowest BCUT2D eigenvalue weighted by Gasteiger charge is -2.30. The molecule has 1 aromatic heterocycles. The third kappa shape index (κ3) is 4.55. The van der Waals surface area contributed by atoms with Crippen molar-refractivity contribution >= 4 is 16.8 Å². The first-order valence-corrected chi connectivity index (χ1v) is 12.1. The SMILES string of the molecule is CC(NCC1CCCN1C(=O)c1cc(-c2ccc(F)c(F)c2)nc2ccccc12)N1CCCC1. The molecule has 34 heavy (non-hydrogen) atoms. The zero-order valence-electron chi connectivity index (χ0n) is 19.4. The molecule has 5 rings (SSSR count). The molecule has 7 heteroatoms. The fourth-order valence-electron chi connectivity index (χ4n) is 5.19. The molecule has 2 unspecified atom stereocenters. The molecule has 0 aliphatic carbocycles. The normalized spacial score (nSPS) is 19.7. The first-order chi connectivity index (χ1) is 16.5. The molecule has 0 radical (unpaired) electrons. The van der Waals surface area contributed by atoms with Crippen molar-refractivity contribution in [2.45, 2.75) is 44.8 Å². The van der Waals surface area contributed by atoms with Gasteiger partial charge in [0.2, 0.25) is 0 Å². The van der Waals surface area contributed by atoms with Gasteiger partial charge < -0.3 is 4.90 Å². The van der Waals surface area contributed by atoms with E-state index in [1.165, 1.54) is 18.9 Å². The number of nitrogens with zero attached hydrogens (tertiary/aromatic N) is 3.